The molecule has 1 aliphatic rings. The number of halogens is 1. The maximum atomic E-state index is 5.89. The standard InChI is InChI=1S/C11H17BrN2S/c12-11-5-4-10(15-11)9(8-13)14-6-2-1-3-7-14/h4-5,9H,1-3,6-8,13H2. The van der Waals surface area contributed by atoms with E-state index >= 15 is 0 Å². The van der Waals surface area contributed by atoms with Crippen molar-refractivity contribution in [2.45, 2.75) is 25.3 Å². The van der Waals surface area contributed by atoms with Crippen molar-refractivity contribution in [2.24, 2.45) is 5.73 Å². The zero-order chi connectivity index (χ0) is 10.7. The molecule has 0 saturated carbocycles. The second kappa shape index (κ2) is 5.43. The minimum Gasteiger partial charge on any atom is -0.329 e. The number of piperidine rings is 1. The van der Waals surface area contributed by atoms with Crippen LogP contribution in [0.3, 0.4) is 0 Å². The Balaban J connectivity index is 2.08. The largest absolute Gasteiger partial charge is 0.329 e. The van der Waals surface area contributed by atoms with E-state index < -0.39 is 0 Å². The van der Waals surface area contributed by atoms with Crippen molar-refractivity contribution in [3.63, 3.8) is 0 Å². The van der Waals surface area contributed by atoms with Gasteiger partial charge in [0.25, 0.3) is 0 Å². The molecular weight excluding hydrogens is 272 g/mol. The van der Waals surface area contributed by atoms with Crippen LogP contribution in [0.1, 0.15) is 30.2 Å². The van der Waals surface area contributed by atoms with Crippen molar-refractivity contribution in [2.75, 3.05) is 19.6 Å². The van der Waals surface area contributed by atoms with Crippen molar-refractivity contribution in [3.05, 3.63) is 20.8 Å². The second-order valence-electron chi connectivity index (χ2n) is 3.99. The lowest BCUT2D eigenvalue weighted by atomic mass is 10.1. The quantitative estimate of drug-likeness (QED) is 0.927. The Morgan fingerprint density at radius 2 is 2.07 bits per heavy atom. The molecule has 2 heterocycles. The highest BCUT2D eigenvalue weighted by Gasteiger charge is 2.21. The molecule has 1 aromatic rings. The zero-order valence-corrected chi connectivity index (χ0v) is 11.2. The molecule has 1 fully saturated rings. The lowest BCUT2D eigenvalue weighted by Gasteiger charge is -2.33. The minimum atomic E-state index is 0.432. The summed E-state index contributed by atoms with van der Waals surface area (Å²) >= 11 is 5.32. The molecule has 0 bridgehead atoms. The van der Waals surface area contributed by atoms with E-state index in [0.29, 0.717) is 6.04 Å². The van der Waals surface area contributed by atoms with Crippen LogP contribution in [0.5, 0.6) is 0 Å². The van der Waals surface area contributed by atoms with Gasteiger partial charge in [0.15, 0.2) is 0 Å². The molecule has 1 aliphatic heterocycles. The van der Waals surface area contributed by atoms with E-state index in [1.54, 1.807) is 0 Å². The van der Waals surface area contributed by atoms with Gasteiger partial charge in [0.1, 0.15) is 0 Å². The van der Waals surface area contributed by atoms with Crippen molar-refractivity contribution in [1.29, 1.82) is 0 Å². The number of likely N-dealkylation sites (tertiary alicyclic amines) is 1. The molecule has 15 heavy (non-hydrogen) atoms. The predicted octanol–water partition coefficient (Wildman–Crippen LogP) is 3.00. The Hall–Kier alpha value is 0.1000. The van der Waals surface area contributed by atoms with Crippen LogP contribution in [0, 0.1) is 0 Å². The Kier molecular flexibility index (Phi) is 4.20. The highest BCUT2D eigenvalue weighted by molar-refractivity contribution is 9.11. The first-order chi connectivity index (χ1) is 7.31. The summed E-state index contributed by atoms with van der Waals surface area (Å²) in [6.07, 6.45) is 4.02. The number of rotatable bonds is 3. The molecule has 2 nitrogen and oxygen atoms in total. The fraction of sp³-hybridized carbons (Fsp3) is 0.636. The van der Waals surface area contributed by atoms with Crippen LogP contribution in [0.4, 0.5) is 0 Å². The van der Waals surface area contributed by atoms with E-state index in [1.165, 1.54) is 41.0 Å². The first kappa shape index (κ1) is 11.6. The molecule has 1 aromatic heterocycles. The topological polar surface area (TPSA) is 29.3 Å². The van der Waals surface area contributed by atoms with E-state index in [0.717, 1.165) is 6.54 Å². The molecule has 1 saturated heterocycles. The molecule has 0 aliphatic carbocycles. The van der Waals surface area contributed by atoms with Gasteiger partial charge in [0.2, 0.25) is 0 Å². The summed E-state index contributed by atoms with van der Waals surface area (Å²) in [6.45, 7) is 3.14. The van der Waals surface area contributed by atoms with Gasteiger partial charge in [-0.1, -0.05) is 6.42 Å². The van der Waals surface area contributed by atoms with E-state index in [4.69, 9.17) is 5.73 Å². The van der Waals surface area contributed by atoms with E-state index in [2.05, 4.69) is 33.0 Å². The monoisotopic (exact) mass is 288 g/mol. The molecule has 84 valence electrons. The molecule has 1 unspecified atom stereocenters. The molecule has 0 amide bonds. The fourth-order valence-electron chi connectivity index (χ4n) is 2.18. The van der Waals surface area contributed by atoms with Gasteiger partial charge in [-0.3, -0.25) is 4.90 Å². The Bertz CT molecular complexity index is 307. The van der Waals surface area contributed by atoms with E-state index in [9.17, 15) is 0 Å². The van der Waals surface area contributed by atoms with Crippen LogP contribution in [0.15, 0.2) is 15.9 Å². The third kappa shape index (κ3) is 2.81. The summed E-state index contributed by atoms with van der Waals surface area (Å²) in [5, 5.41) is 0. The summed E-state index contributed by atoms with van der Waals surface area (Å²) in [5.74, 6) is 0. The van der Waals surface area contributed by atoms with Gasteiger partial charge in [-0.15, -0.1) is 11.3 Å². The van der Waals surface area contributed by atoms with E-state index in [-0.39, 0.29) is 0 Å². The highest BCUT2D eigenvalue weighted by Crippen LogP contribution is 2.31. The zero-order valence-electron chi connectivity index (χ0n) is 8.79. The Morgan fingerprint density at radius 3 is 2.60 bits per heavy atom. The SMILES string of the molecule is NCC(c1ccc(Br)s1)N1CCCCC1. The first-order valence-electron chi connectivity index (χ1n) is 5.50. The second-order valence-corrected chi connectivity index (χ2v) is 6.48. The molecule has 2 rings (SSSR count). The van der Waals surface area contributed by atoms with Gasteiger partial charge >= 0.3 is 0 Å². The summed E-state index contributed by atoms with van der Waals surface area (Å²) in [5.41, 5.74) is 5.89. The van der Waals surface area contributed by atoms with Gasteiger partial charge in [0.05, 0.1) is 9.83 Å². The van der Waals surface area contributed by atoms with Gasteiger partial charge < -0.3 is 5.73 Å². The molecule has 2 N–H and O–H groups in total. The molecule has 0 spiro atoms. The van der Waals surface area contributed by atoms with Gasteiger partial charge in [-0.2, -0.15) is 0 Å². The summed E-state index contributed by atoms with van der Waals surface area (Å²) in [4.78, 5) is 3.92. The number of hydrogen-bond donors (Lipinski definition) is 1. The average molecular weight is 289 g/mol. The van der Waals surface area contributed by atoms with Crippen LogP contribution in [0.25, 0.3) is 0 Å². The summed E-state index contributed by atoms with van der Waals surface area (Å²) < 4.78 is 1.20. The average Bonchev–Trinajstić information content (AvgIpc) is 2.68. The summed E-state index contributed by atoms with van der Waals surface area (Å²) in [7, 11) is 0. The number of nitrogens with zero attached hydrogens (tertiary/aromatic N) is 1. The van der Waals surface area contributed by atoms with Crippen LogP contribution in [-0.4, -0.2) is 24.5 Å². The van der Waals surface area contributed by atoms with Crippen molar-refractivity contribution in [3.8, 4) is 0 Å². The smallest absolute Gasteiger partial charge is 0.0702 e. The summed E-state index contributed by atoms with van der Waals surface area (Å²) in [6, 6.07) is 4.75. The number of thiophene rings is 1. The molecule has 0 radical (unpaired) electrons. The van der Waals surface area contributed by atoms with Crippen molar-refractivity contribution >= 4 is 27.3 Å². The van der Waals surface area contributed by atoms with Crippen molar-refractivity contribution < 1.29 is 0 Å². The fourth-order valence-corrected chi connectivity index (χ4v) is 3.75. The van der Waals surface area contributed by atoms with Crippen LogP contribution >= 0.6 is 27.3 Å². The van der Waals surface area contributed by atoms with Gasteiger partial charge in [-0.25, -0.2) is 0 Å². The third-order valence-electron chi connectivity index (χ3n) is 2.98. The molecular formula is C11H17BrN2S. The van der Waals surface area contributed by atoms with Crippen LogP contribution in [0.2, 0.25) is 0 Å². The lowest BCUT2D eigenvalue weighted by molar-refractivity contribution is 0.170. The first-order valence-corrected chi connectivity index (χ1v) is 7.11. The maximum Gasteiger partial charge on any atom is 0.0702 e. The Morgan fingerprint density at radius 1 is 1.33 bits per heavy atom. The molecule has 0 aromatic carbocycles. The molecule has 4 heteroatoms. The maximum absolute atomic E-state index is 5.89. The highest BCUT2D eigenvalue weighted by atomic mass is 79.9. The van der Waals surface area contributed by atoms with Crippen LogP contribution in [-0.2, 0) is 0 Å². The van der Waals surface area contributed by atoms with Gasteiger partial charge in [-0.05, 0) is 54.0 Å². The van der Waals surface area contributed by atoms with Crippen LogP contribution < -0.4 is 5.73 Å². The Labute approximate surface area is 104 Å². The lowest BCUT2D eigenvalue weighted by Crippen LogP contribution is -2.37. The number of nitrogens with two attached hydrogens (primary N) is 1. The third-order valence-corrected chi connectivity index (χ3v) is 4.70. The van der Waals surface area contributed by atoms with E-state index in [1.807, 2.05) is 11.3 Å². The minimum absolute atomic E-state index is 0.432. The number of hydrogen-bond acceptors (Lipinski definition) is 3. The van der Waals surface area contributed by atoms with Gasteiger partial charge in [0, 0.05) is 11.4 Å². The van der Waals surface area contributed by atoms with Crippen molar-refractivity contribution in [1.82, 2.24) is 4.90 Å². The molecule has 1 atom stereocenters. The predicted molar refractivity (Wildman–Crippen MR) is 69.2 cm³/mol. The normalized spacial score (nSPS) is 20.4.